The summed E-state index contributed by atoms with van der Waals surface area (Å²) in [6.07, 6.45) is -1.12. The Kier molecular flexibility index (Phi) is 4.49. The lowest BCUT2D eigenvalue weighted by Crippen LogP contribution is -2.38. The maximum atomic E-state index is 12.1. The van der Waals surface area contributed by atoms with Gasteiger partial charge in [-0.15, -0.1) is 0 Å². The number of nitrogens with zero attached hydrogens (tertiary/aromatic N) is 1. The van der Waals surface area contributed by atoms with Crippen LogP contribution in [0.5, 0.6) is 0 Å². The Morgan fingerprint density at radius 2 is 1.59 bits per heavy atom. The maximum absolute atomic E-state index is 12.1. The summed E-state index contributed by atoms with van der Waals surface area (Å²) in [5, 5.41) is 3.97. The van der Waals surface area contributed by atoms with Gasteiger partial charge in [0.1, 0.15) is 5.71 Å². The molecule has 2 rings (SSSR count). The average molecular weight is 305 g/mol. The fraction of sp³-hybridized carbons (Fsp3) is 0.438. The second kappa shape index (κ2) is 6.17. The predicted octanol–water partition coefficient (Wildman–Crippen LogP) is 1.68. The van der Waals surface area contributed by atoms with Gasteiger partial charge in [-0.1, -0.05) is 22.9 Å². The Labute approximate surface area is 129 Å². The van der Waals surface area contributed by atoms with Crippen molar-refractivity contribution >= 4 is 17.7 Å². The van der Waals surface area contributed by atoms with Crippen LogP contribution in [0.4, 0.5) is 0 Å². The molecule has 2 atom stereocenters. The molecule has 6 nitrogen and oxygen atoms in total. The van der Waals surface area contributed by atoms with Crippen LogP contribution in [0.3, 0.4) is 0 Å². The molecule has 0 aromatic heterocycles. The lowest BCUT2D eigenvalue weighted by molar-refractivity contribution is -0.161. The molecule has 22 heavy (non-hydrogen) atoms. The number of aryl methyl sites for hydroxylation is 3. The topological polar surface area (TPSA) is 74.2 Å². The summed E-state index contributed by atoms with van der Waals surface area (Å²) in [5.74, 6) is -2.17. The third kappa shape index (κ3) is 2.68. The van der Waals surface area contributed by atoms with Crippen molar-refractivity contribution in [3.63, 3.8) is 0 Å². The Hall–Kier alpha value is -2.37. The molecule has 1 aromatic carbocycles. The quantitative estimate of drug-likeness (QED) is 0.794. The molecule has 1 aromatic rings. The Morgan fingerprint density at radius 3 is 2.09 bits per heavy atom. The zero-order valence-corrected chi connectivity index (χ0v) is 13.3. The first-order chi connectivity index (χ1) is 10.4. The first kappa shape index (κ1) is 16.0. The third-order valence-corrected chi connectivity index (χ3v) is 3.68. The molecule has 118 valence electrons. The van der Waals surface area contributed by atoms with Crippen molar-refractivity contribution in [2.45, 2.75) is 26.9 Å². The molecule has 0 aliphatic carbocycles. The normalized spacial score (nSPS) is 20.1. The highest BCUT2D eigenvalue weighted by Gasteiger charge is 2.47. The smallest absolute Gasteiger partial charge is 0.351 e. The molecular formula is C16H19NO5. The summed E-state index contributed by atoms with van der Waals surface area (Å²) in [5.41, 5.74) is 4.22. The van der Waals surface area contributed by atoms with Crippen molar-refractivity contribution in [1.82, 2.24) is 0 Å². The van der Waals surface area contributed by atoms with E-state index in [1.807, 2.05) is 32.9 Å². The number of carbonyl (C=O) groups is 2. The largest absolute Gasteiger partial charge is 0.468 e. The number of methoxy groups -OCH3 is 2. The summed E-state index contributed by atoms with van der Waals surface area (Å²) in [4.78, 5) is 29.1. The van der Waals surface area contributed by atoms with Gasteiger partial charge >= 0.3 is 11.9 Å². The highest BCUT2D eigenvalue weighted by molar-refractivity contribution is 6.16. The van der Waals surface area contributed by atoms with Crippen LogP contribution in [0.1, 0.15) is 22.3 Å². The summed E-state index contributed by atoms with van der Waals surface area (Å²) in [6, 6.07) is 3.98. The van der Waals surface area contributed by atoms with Crippen LogP contribution in [-0.4, -0.2) is 38.0 Å². The van der Waals surface area contributed by atoms with E-state index in [2.05, 4.69) is 9.89 Å². The van der Waals surface area contributed by atoms with Crippen LogP contribution in [0.15, 0.2) is 17.3 Å². The van der Waals surface area contributed by atoms with Crippen molar-refractivity contribution in [2.75, 3.05) is 14.2 Å². The van der Waals surface area contributed by atoms with Gasteiger partial charge in [0.15, 0.2) is 5.92 Å². The van der Waals surface area contributed by atoms with Gasteiger partial charge in [-0.3, -0.25) is 4.79 Å². The summed E-state index contributed by atoms with van der Waals surface area (Å²) in [7, 11) is 2.50. The van der Waals surface area contributed by atoms with Crippen LogP contribution >= 0.6 is 0 Å². The van der Waals surface area contributed by atoms with E-state index >= 15 is 0 Å². The zero-order valence-electron chi connectivity index (χ0n) is 13.3. The number of rotatable bonds is 3. The molecule has 0 N–H and O–H groups in total. The Morgan fingerprint density at radius 1 is 1.05 bits per heavy atom. The number of hydrogen-bond acceptors (Lipinski definition) is 6. The number of esters is 2. The third-order valence-electron chi connectivity index (χ3n) is 3.68. The van der Waals surface area contributed by atoms with Crippen molar-refractivity contribution in [2.24, 2.45) is 11.1 Å². The summed E-state index contributed by atoms with van der Waals surface area (Å²) >= 11 is 0. The van der Waals surface area contributed by atoms with Gasteiger partial charge in [0.2, 0.25) is 6.10 Å². The Bertz CT molecular complexity index is 627. The van der Waals surface area contributed by atoms with E-state index in [0.29, 0.717) is 5.71 Å². The van der Waals surface area contributed by atoms with Crippen LogP contribution in [0.25, 0.3) is 0 Å². The molecule has 0 spiro atoms. The maximum Gasteiger partial charge on any atom is 0.351 e. The lowest BCUT2D eigenvalue weighted by Gasteiger charge is -2.17. The molecule has 0 amide bonds. The highest BCUT2D eigenvalue weighted by Crippen LogP contribution is 2.29. The van der Waals surface area contributed by atoms with E-state index in [1.165, 1.54) is 14.2 Å². The molecular weight excluding hydrogens is 286 g/mol. The average Bonchev–Trinajstić information content (AvgIpc) is 2.89. The van der Waals surface area contributed by atoms with Gasteiger partial charge in [-0.05, 0) is 31.9 Å². The highest BCUT2D eigenvalue weighted by atomic mass is 16.7. The van der Waals surface area contributed by atoms with E-state index in [4.69, 9.17) is 9.57 Å². The molecule has 1 aliphatic heterocycles. The molecule has 2 unspecified atom stereocenters. The van der Waals surface area contributed by atoms with E-state index < -0.39 is 24.0 Å². The van der Waals surface area contributed by atoms with Crippen LogP contribution in [0, 0.1) is 26.7 Å². The monoisotopic (exact) mass is 305 g/mol. The zero-order chi connectivity index (χ0) is 16.4. The molecule has 0 bridgehead atoms. The van der Waals surface area contributed by atoms with Crippen LogP contribution < -0.4 is 0 Å². The minimum Gasteiger partial charge on any atom is -0.468 e. The molecule has 0 saturated carbocycles. The molecule has 1 heterocycles. The van der Waals surface area contributed by atoms with Gasteiger partial charge in [0, 0.05) is 5.56 Å². The van der Waals surface area contributed by atoms with Gasteiger partial charge < -0.3 is 14.3 Å². The standard InChI is InChI=1S/C16H19NO5/c1-8-6-9(2)11(10(3)7-8)13-12(15(18)20-4)14(22-17-13)16(19)21-5/h6-7,12,14H,1-5H3. The van der Waals surface area contributed by atoms with E-state index in [1.54, 1.807) is 0 Å². The van der Waals surface area contributed by atoms with Gasteiger partial charge in [-0.25, -0.2) is 4.79 Å². The van der Waals surface area contributed by atoms with Crippen molar-refractivity contribution in [3.8, 4) is 0 Å². The number of oxime groups is 1. The first-order valence-electron chi connectivity index (χ1n) is 6.88. The van der Waals surface area contributed by atoms with Gasteiger partial charge in [0.05, 0.1) is 14.2 Å². The number of carbonyl (C=O) groups excluding carboxylic acids is 2. The SMILES string of the molecule is COC(=O)C1ON=C(c2c(C)cc(C)cc2C)C1C(=O)OC. The number of benzene rings is 1. The van der Waals surface area contributed by atoms with Crippen molar-refractivity contribution in [3.05, 3.63) is 34.4 Å². The molecule has 6 heteroatoms. The van der Waals surface area contributed by atoms with Gasteiger partial charge in [-0.2, -0.15) is 0 Å². The minimum absolute atomic E-state index is 0.400. The second-order valence-electron chi connectivity index (χ2n) is 5.30. The fourth-order valence-electron chi connectivity index (χ4n) is 2.82. The summed E-state index contributed by atoms with van der Waals surface area (Å²) in [6.45, 7) is 5.85. The van der Waals surface area contributed by atoms with E-state index in [-0.39, 0.29) is 0 Å². The van der Waals surface area contributed by atoms with Crippen molar-refractivity contribution < 1.29 is 23.9 Å². The number of ether oxygens (including phenoxy) is 2. The number of hydrogen-bond donors (Lipinski definition) is 0. The first-order valence-corrected chi connectivity index (χ1v) is 6.88. The lowest BCUT2D eigenvalue weighted by atomic mass is 9.87. The molecule has 1 aliphatic rings. The Balaban J connectivity index is 2.50. The fourth-order valence-corrected chi connectivity index (χ4v) is 2.82. The van der Waals surface area contributed by atoms with Crippen molar-refractivity contribution in [1.29, 1.82) is 0 Å². The molecule has 0 saturated heterocycles. The van der Waals surface area contributed by atoms with Crippen LogP contribution in [0.2, 0.25) is 0 Å². The van der Waals surface area contributed by atoms with E-state index in [9.17, 15) is 9.59 Å². The molecule has 0 radical (unpaired) electrons. The summed E-state index contributed by atoms with van der Waals surface area (Å²) < 4.78 is 9.48. The van der Waals surface area contributed by atoms with Gasteiger partial charge in [0.25, 0.3) is 0 Å². The minimum atomic E-state index is -1.12. The molecule has 0 fully saturated rings. The second-order valence-corrected chi connectivity index (χ2v) is 5.30. The van der Waals surface area contributed by atoms with Crippen LogP contribution in [-0.2, 0) is 23.9 Å². The predicted molar refractivity (Wildman–Crippen MR) is 79.6 cm³/mol. The van der Waals surface area contributed by atoms with E-state index in [0.717, 1.165) is 22.3 Å².